The number of carbonyl (C=O) groups excluding carboxylic acids is 1. The van der Waals surface area contributed by atoms with E-state index >= 15 is 0 Å². The van der Waals surface area contributed by atoms with Gasteiger partial charge in [-0.15, -0.1) is 0 Å². The van der Waals surface area contributed by atoms with Crippen molar-refractivity contribution in [3.05, 3.63) is 59.2 Å². The van der Waals surface area contributed by atoms with Crippen LogP contribution in [0.25, 0.3) is 0 Å². The number of ketones is 1. The van der Waals surface area contributed by atoms with Gasteiger partial charge in [-0.1, -0.05) is 23.8 Å². The highest BCUT2D eigenvalue weighted by molar-refractivity contribution is 6.09. The van der Waals surface area contributed by atoms with Crippen molar-refractivity contribution in [2.24, 2.45) is 0 Å². The highest BCUT2D eigenvalue weighted by atomic mass is 16.5. The van der Waals surface area contributed by atoms with E-state index in [1.54, 1.807) is 38.5 Å². The Hall–Kier alpha value is -2.29. The zero-order chi connectivity index (χ0) is 13.8. The second-order valence-corrected chi connectivity index (χ2v) is 4.30. The second-order valence-electron chi connectivity index (χ2n) is 4.30. The number of carbonyl (C=O) groups is 1. The van der Waals surface area contributed by atoms with Crippen LogP contribution in [0, 0.1) is 6.92 Å². The fourth-order valence-corrected chi connectivity index (χ4v) is 1.89. The van der Waals surface area contributed by atoms with Crippen molar-refractivity contribution >= 4 is 5.78 Å². The van der Waals surface area contributed by atoms with Crippen molar-refractivity contribution in [3.8, 4) is 11.5 Å². The molecule has 0 aliphatic heterocycles. The number of hydrogen-bond acceptors (Lipinski definition) is 3. The number of ether oxygens (including phenoxy) is 2. The van der Waals surface area contributed by atoms with Crippen LogP contribution < -0.4 is 9.47 Å². The number of hydrogen-bond donors (Lipinski definition) is 0. The van der Waals surface area contributed by atoms with Crippen LogP contribution in [0.4, 0.5) is 0 Å². The molecule has 0 saturated heterocycles. The third-order valence-corrected chi connectivity index (χ3v) is 2.89. The van der Waals surface area contributed by atoms with Crippen molar-refractivity contribution in [2.45, 2.75) is 6.92 Å². The van der Waals surface area contributed by atoms with Crippen LogP contribution in [0.2, 0.25) is 0 Å². The first-order valence-corrected chi connectivity index (χ1v) is 5.98. The van der Waals surface area contributed by atoms with Crippen LogP contribution in [0.5, 0.6) is 11.5 Å². The summed E-state index contributed by atoms with van der Waals surface area (Å²) in [6, 6.07) is 12.7. The maximum Gasteiger partial charge on any atom is 0.193 e. The van der Waals surface area contributed by atoms with Gasteiger partial charge in [0.25, 0.3) is 0 Å². The molecule has 0 heterocycles. The highest BCUT2D eigenvalue weighted by Gasteiger charge is 2.12. The molecule has 0 amide bonds. The molecule has 0 fully saturated rings. The van der Waals surface area contributed by atoms with Crippen molar-refractivity contribution < 1.29 is 14.3 Å². The molecule has 0 aliphatic carbocycles. The third-order valence-electron chi connectivity index (χ3n) is 2.89. The normalized spacial score (nSPS) is 10.1. The fraction of sp³-hybridized carbons (Fsp3) is 0.188. The topological polar surface area (TPSA) is 35.5 Å². The Bertz CT molecular complexity index is 580. The molecular weight excluding hydrogens is 240 g/mol. The van der Waals surface area contributed by atoms with Crippen LogP contribution in [-0.4, -0.2) is 20.0 Å². The second kappa shape index (κ2) is 5.57. The lowest BCUT2D eigenvalue weighted by atomic mass is 10.0. The molecule has 0 radical (unpaired) electrons. The molecule has 0 aromatic heterocycles. The summed E-state index contributed by atoms with van der Waals surface area (Å²) in [5.74, 6) is 1.17. The number of aryl methyl sites for hydroxylation is 1. The van der Waals surface area contributed by atoms with Gasteiger partial charge >= 0.3 is 0 Å². The molecule has 0 N–H and O–H groups in total. The Morgan fingerprint density at radius 2 is 1.53 bits per heavy atom. The summed E-state index contributed by atoms with van der Waals surface area (Å²) in [6.45, 7) is 1.96. The Balaban J connectivity index is 2.43. The van der Waals surface area contributed by atoms with Crippen LogP contribution in [0.15, 0.2) is 42.5 Å². The lowest BCUT2D eigenvalue weighted by Gasteiger charge is -2.08. The molecule has 0 unspecified atom stereocenters. The number of methoxy groups -OCH3 is 2. The molecule has 98 valence electrons. The molecule has 19 heavy (non-hydrogen) atoms. The van der Waals surface area contributed by atoms with Gasteiger partial charge in [0.05, 0.1) is 14.2 Å². The van der Waals surface area contributed by atoms with E-state index < -0.39 is 0 Å². The van der Waals surface area contributed by atoms with Gasteiger partial charge in [-0.25, -0.2) is 0 Å². The Morgan fingerprint density at radius 1 is 0.895 bits per heavy atom. The van der Waals surface area contributed by atoms with E-state index in [-0.39, 0.29) is 5.78 Å². The molecule has 2 aromatic rings. The molecule has 0 aliphatic rings. The summed E-state index contributed by atoms with van der Waals surface area (Å²) < 4.78 is 10.3. The summed E-state index contributed by atoms with van der Waals surface area (Å²) in [5, 5.41) is 0. The van der Waals surface area contributed by atoms with Gasteiger partial charge in [0.1, 0.15) is 11.5 Å². The first kappa shape index (κ1) is 13.1. The summed E-state index contributed by atoms with van der Waals surface area (Å²) >= 11 is 0. The minimum Gasteiger partial charge on any atom is -0.497 e. The predicted molar refractivity (Wildman–Crippen MR) is 74.2 cm³/mol. The molecule has 3 heteroatoms. The van der Waals surface area contributed by atoms with Crippen LogP contribution in [0.1, 0.15) is 21.5 Å². The molecule has 2 aromatic carbocycles. The largest absolute Gasteiger partial charge is 0.497 e. The van der Waals surface area contributed by atoms with Gasteiger partial charge < -0.3 is 9.47 Å². The SMILES string of the molecule is COc1cc(OC)cc(C(=O)c2cccc(C)c2)c1. The maximum absolute atomic E-state index is 12.4. The number of benzene rings is 2. The molecule has 0 saturated carbocycles. The van der Waals surface area contributed by atoms with Crippen molar-refractivity contribution in [1.82, 2.24) is 0 Å². The molecule has 0 atom stereocenters. The van der Waals surface area contributed by atoms with Crippen LogP contribution in [0.3, 0.4) is 0 Å². The Kier molecular flexibility index (Phi) is 3.85. The average molecular weight is 256 g/mol. The minimum atomic E-state index is -0.0408. The van der Waals surface area contributed by atoms with E-state index in [1.807, 2.05) is 25.1 Å². The van der Waals surface area contributed by atoms with Gasteiger partial charge in [0.2, 0.25) is 0 Å². The van der Waals surface area contributed by atoms with Gasteiger partial charge in [0, 0.05) is 17.2 Å². The summed E-state index contributed by atoms with van der Waals surface area (Å²) in [5.41, 5.74) is 2.28. The highest BCUT2D eigenvalue weighted by Crippen LogP contribution is 2.24. The lowest BCUT2D eigenvalue weighted by Crippen LogP contribution is -2.02. The molecular formula is C16H16O3. The van der Waals surface area contributed by atoms with E-state index in [9.17, 15) is 4.79 Å². The quantitative estimate of drug-likeness (QED) is 0.788. The van der Waals surface area contributed by atoms with Crippen molar-refractivity contribution in [3.63, 3.8) is 0 Å². The summed E-state index contributed by atoms with van der Waals surface area (Å²) in [4.78, 5) is 12.4. The number of rotatable bonds is 4. The maximum atomic E-state index is 12.4. The van der Waals surface area contributed by atoms with Gasteiger partial charge in [-0.2, -0.15) is 0 Å². The predicted octanol–water partition coefficient (Wildman–Crippen LogP) is 3.24. The van der Waals surface area contributed by atoms with Crippen molar-refractivity contribution in [2.75, 3.05) is 14.2 Å². The fourth-order valence-electron chi connectivity index (χ4n) is 1.89. The lowest BCUT2D eigenvalue weighted by molar-refractivity contribution is 0.103. The Labute approximate surface area is 112 Å². The van der Waals surface area contributed by atoms with Crippen molar-refractivity contribution in [1.29, 1.82) is 0 Å². The molecule has 3 nitrogen and oxygen atoms in total. The standard InChI is InChI=1S/C16H16O3/c1-11-5-4-6-12(7-11)16(17)13-8-14(18-2)10-15(9-13)19-3/h4-10H,1-3H3. The molecule has 0 bridgehead atoms. The zero-order valence-corrected chi connectivity index (χ0v) is 11.3. The van der Waals surface area contributed by atoms with Crippen LogP contribution in [-0.2, 0) is 0 Å². The molecule has 0 spiro atoms. The van der Waals surface area contributed by atoms with Gasteiger partial charge in [0.15, 0.2) is 5.78 Å². The van der Waals surface area contributed by atoms with E-state index in [1.165, 1.54) is 0 Å². The monoisotopic (exact) mass is 256 g/mol. The van der Waals surface area contributed by atoms with Gasteiger partial charge in [-0.05, 0) is 25.1 Å². The van der Waals surface area contributed by atoms with Gasteiger partial charge in [-0.3, -0.25) is 4.79 Å². The zero-order valence-electron chi connectivity index (χ0n) is 11.3. The Morgan fingerprint density at radius 3 is 2.05 bits per heavy atom. The van der Waals surface area contributed by atoms with E-state index in [0.717, 1.165) is 5.56 Å². The van der Waals surface area contributed by atoms with Crippen LogP contribution >= 0.6 is 0 Å². The summed E-state index contributed by atoms with van der Waals surface area (Å²) in [7, 11) is 3.13. The average Bonchev–Trinajstić information content (AvgIpc) is 2.45. The summed E-state index contributed by atoms with van der Waals surface area (Å²) in [6.07, 6.45) is 0. The molecule has 2 rings (SSSR count). The van der Waals surface area contributed by atoms with E-state index in [2.05, 4.69) is 0 Å². The van der Waals surface area contributed by atoms with E-state index in [4.69, 9.17) is 9.47 Å². The van der Waals surface area contributed by atoms with E-state index in [0.29, 0.717) is 22.6 Å². The smallest absolute Gasteiger partial charge is 0.193 e. The first-order valence-electron chi connectivity index (χ1n) is 5.98. The first-order chi connectivity index (χ1) is 9.13. The minimum absolute atomic E-state index is 0.0408. The third kappa shape index (κ3) is 2.94.